The van der Waals surface area contributed by atoms with Gasteiger partial charge in [-0.15, -0.1) is 0 Å². The lowest BCUT2D eigenvalue weighted by molar-refractivity contribution is 1.27. The molecule has 0 aliphatic heterocycles. The SMILES string of the molecule is c1ccc(N(c2ccccc2)c2c3ccccc3cc3c4cccc5c6cc7c(cc6n(c23)c54)c2cc3ccccc3c3c4cccc(N(c5ccccc5)c5ccccc5)c4n7c23)cc1. The molecular formula is C62H38N4. The van der Waals surface area contributed by atoms with Crippen molar-refractivity contribution in [2.75, 3.05) is 9.80 Å². The Labute approximate surface area is 379 Å². The normalized spacial score (nSPS) is 12.2. The maximum Gasteiger partial charge on any atom is 0.0789 e. The number of fused-ring (bicyclic) bond motifs is 15. The lowest BCUT2D eigenvalue weighted by Crippen LogP contribution is -2.11. The fourth-order valence-corrected chi connectivity index (χ4v) is 11.6. The van der Waals surface area contributed by atoms with Gasteiger partial charge in [0.05, 0.1) is 44.5 Å². The van der Waals surface area contributed by atoms with Gasteiger partial charge in [-0.2, -0.15) is 0 Å². The number of anilines is 6. The number of nitrogens with zero attached hydrogens (tertiary/aromatic N) is 4. The van der Waals surface area contributed by atoms with Crippen molar-refractivity contribution < 1.29 is 0 Å². The van der Waals surface area contributed by atoms with E-state index in [9.17, 15) is 0 Å². The lowest BCUT2D eigenvalue weighted by Gasteiger charge is -2.28. The van der Waals surface area contributed by atoms with E-state index in [1.807, 2.05) is 0 Å². The van der Waals surface area contributed by atoms with Crippen LogP contribution < -0.4 is 9.80 Å². The first-order valence-electron chi connectivity index (χ1n) is 22.8. The average molecular weight is 839 g/mol. The predicted molar refractivity (Wildman–Crippen MR) is 280 cm³/mol. The van der Waals surface area contributed by atoms with Crippen molar-refractivity contribution in [1.82, 2.24) is 8.80 Å². The van der Waals surface area contributed by atoms with Crippen molar-refractivity contribution in [3.05, 3.63) is 231 Å². The van der Waals surface area contributed by atoms with Gasteiger partial charge in [-0.3, -0.25) is 0 Å². The molecule has 0 N–H and O–H groups in total. The topological polar surface area (TPSA) is 15.3 Å². The summed E-state index contributed by atoms with van der Waals surface area (Å²) in [6.45, 7) is 0. The minimum Gasteiger partial charge on any atom is -0.308 e. The van der Waals surface area contributed by atoms with E-state index in [0.717, 1.165) is 28.4 Å². The summed E-state index contributed by atoms with van der Waals surface area (Å²) >= 11 is 0. The van der Waals surface area contributed by atoms with Crippen molar-refractivity contribution in [1.29, 1.82) is 0 Å². The Hall–Kier alpha value is -8.86. The summed E-state index contributed by atoms with van der Waals surface area (Å²) in [6.07, 6.45) is 0. The molecule has 66 heavy (non-hydrogen) atoms. The Morgan fingerprint density at radius 1 is 0.258 bits per heavy atom. The van der Waals surface area contributed by atoms with Gasteiger partial charge in [-0.25, -0.2) is 0 Å². The number of aromatic nitrogens is 2. The maximum atomic E-state index is 2.60. The summed E-state index contributed by atoms with van der Waals surface area (Å²) in [6, 6.07) is 84.8. The molecule has 0 radical (unpaired) electrons. The van der Waals surface area contributed by atoms with E-state index < -0.39 is 0 Å². The molecular weight excluding hydrogens is 801 g/mol. The summed E-state index contributed by atoms with van der Waals surface area (Å²) in [4.78, 5) is 4.89. The van der Waals surface area contributed by atoms with Crippen LogP contribution in [0.2, 0.25) is 0 Å². The molecule has 11 aromatic carbocycles. The maximum absolute atomic E-state index is 2.60. The zero-order valence-electron chi connectivity index (χ0n) is 35.7. The fourth-order valence-electron chi connectivity index (χ4n) is 11.6. The highest BCUT2D eigenvalue weighted by Crippen LogP contribution is 2.52. The zero-order valence-corrected chi connectivity index (χ0v) is 35.7. The Kier molecular flexibility index (Phi) is 7.19. The molecule has 15 aromatic rings. The van der Waals surface area contributed by atoms with E-state index in [1.165, 1.54) is 103 Å². The number of hydrogen-bond acceptors (Lipinski definition) is 2. The van der Waals surface area contributed by atoms with Crippen molar-refractivity contribution in [2.45, 2.75) is 0 Å². The van der Waals surface area contributed by atoms with Crippen LogP contribution in [0.15, 0.2) is 231 Å². The van der Waals surface area contributed by atoms with Gasteiger partial charge < -0.3 is 18.6 Å². The van der Waals surface area contributed by atoms with E-state index in [2.05, 4.69) is 249 Å². The Morgan fingerprint density at radius 3 is 1.29 bits per heavy atom. The van der Waals surface area contributed by atoms with Crippen LogP contribution in [0, 0.1) is 0 Å². The van der Waals surface area contributed by atoms with Crippen molar-refractivity contribution in [3.8, 4) is 0 Å². The van der Waals surface area contributed by atoms with Gasteiger partial charge in [-0.05, 0) is 95.0 Å². The summed E-state index contributed by atoms with van der Waals surface area (Å²) in [7, 11) is 0. The molecule has 4 nitrogen and oxygen atoms in total. The molecule has 0 aliphatic carbocycles. The van der Waals surface area contributed by atoms with Gasteiger partial charge in [0, 0.05) is 71.2 Å². The first-order valence-corrected chi connectivity index (χ1v) is 22.8. The highest BCUT2D eigenvalue weighted by Gasteiger charge is 2.29. The van der Waals surface area contributed by atoms with Crippen molar-refractivity contribution in [2.24, 2.45) is 0 Å². The van der Waals surface area contributed by atoms with E-state index in [4.69, 9.17) is 0 Å². The molecule has 4 heteroatoms. The highest BCUT2D eigenvalue weighted by atomic mass is 15.2. The molecule has 0 fully saturated rings. The Bertz CT molecular complexity index is 4300. The molecule has 0 spiro atoms. The number of hydrogen-bond donors (Lipinski definition) is 0. The summed E-state index contributed by atoms with van der Waals surface area (Å²) in [5, 5.41) is 15.0. The molecule has 4 aromatic heterocycles. The van der Waals surface area contributed by atoms with Gasteiger partial charge in [0.25, 0.3) is 0 Å². The van der Waals surface area contributed by atoms with Crippen LogP contribution in [-0.2, 0) is 0 Å². The smallest absolute Gasteiger partial charge is 0.0789 e. The number of benzene rings is 11. The van der Waals surface area contributed by atoms with Gasteiger partial charge in [0.1, 0.15) is 0 Å². The molecule has 0 saturated carbocycles. The van der Waals surface area contributed by atoms with Crippen LogP contribution in [0.25, 0.3) is 97.7 Å². The molecule has 0 atom stereocenters. The Balaban J connectivity index is 1.14. The quantitative estimate of drug-likeness (QED) is 0.166. The third-order valence-electron chi connectivity index (χ3n) is 14.2. The first kappa shape index (κ1) is 35.6. The van der Waals surface area contributed by atoms with Gasteiger partial charge in [0.2, 0.25) is 0 Å². The van der Waals surface area contributed by atoms with Crippen LogP contribution in [0.5, 0.6) is 0 Å². The van der Waals surface area contributed by atoms with Crippen LogP contribution in [0.4, 0.5) is 34.1 Å². The molecule has 0 unspecified atom stereocenters. The second-order valence-corrected chi connectivity index (χ2v) is 17.7. The third-order valence-corrected chi connectivity index (χ3v) is 14.2. The monoisotopic (exact) mass is 838 g/mol. The molecule has 0 bridgehead atoms. The lowest BCUT2D eigenvalue weighted by atomic mass is 9.99. The minimum atomic E-state index is 1.12. The number of para-hydroxylation sites is 6. The van der Waals surface area contributed by atoms with Crippen LogP contribution >= 0.6 is 0 Å². The Morgan fingerprint density at radius 2 is 0.682 bits per heavy atom. The second kappa shape index (κ2) is 13.3. The fraction of sp³-hybridized carbons (Fsp3) is 0. The van der Waals surface area contributed by atoms with Crippen LogP contribution in [-0.4, -0.2) is 8.80 Å². The highest BCUT2D eigenvalue weighted by molar-refractivity contribution is 6.35. The van der Waals surface area contributed by atoms with Crippen molar-refractivity contribution in [3.63, 3.8) is 0 Å². The zero-order chi connectivity index (χ0) is 43.0. The standard InChI is InChI=1S/C62H38N4/c1-5-21-41(22-6-1)63(42-23-7-2-8-24-42)54-34-18-33-49-57-45-29-15-13-19-39(45)35-53-51-38-55-50(37-56(51)66(59(49)54)60(53)57)47-31-17-32-48-52-36-40-20-14-16-30-46(40)61(62(52)65(55)58(47)48)64(43-25-9-3-10-26-43)44-27-11-4-12-28-44/h1-38H. The minimum absolute atomic E-state index is 1.12. The third kappa shape index (κ3) is 4.72. The summed E-state index contributed by atoms with van der Waals surface area (Å²) < 4.78 is 5.19. The van der Waals surface area contributed by atoms with Gasteiger partial charge in [-0.1, -0.05) is 152 Å². The van der Waals surface area contributed by atoms with E-state index >= 15 is 0 Å². The van der Waals surface area contributed by atoms with Crippen LogP contribution in [0.1, 0.15) is 0 Å². The van der Waals surface area contributed by atoms with Gasteiger partial charge >= 0.3 is 0 Å². The first-order chi connectivity index (χ1) is 32.8. The molecule has 0 amide bonds. The van der Waals surface area contributed by atoms with Crippen LogP contribution in [0.3, 0.4) is 0 Å². The van der Waals surface area contributed by atoms with E-state index in [0.29, 0.717) is 0 Å². The number of rotatable bonds is 6. The van der Waals surface area contributed by atoms with E-state index in [-0.39, 0.29) is 0 Å². The molecule has 0 saturated heterocycles. The predicted octanol–water partition coefficient (Wildman–Crippen LogP) is 17.2. The van der Waals surface area contributed by atoms with Crippen molar-refractivity contribution >= 4 is 132 Å². The molecule has 15 rings (SSSR count). The average Bonchev–Trinajstić information content (AvgIpc) is 4.10. The summed E-state index contributed by atoms with van der Waals surface area (Å²) in [5.41, 5.74) is 14.1. The summed E-state index contributed by atoms with van der Waals surface area (Å²) in [5.74, 6) is 0. The molecule has 4 heterocycles. The van der Waals surface area contributed by atoms with Gasteiger partial charge in [0.15, 0.2) is 0 Å². The van der Waals surface area contributed by atoms with E-state index in [1.54, 1.807) is 0 Å². The molecule has 306 valence electrons. The largest absolute Gasteiger partial charge is 0.308 e. The molecule has 0 aliphatic rings. The second-order valence-electron chi connectivity index (χ2n) is 17.7.